The van der Waals surface area contributed by atoms with Gasteiger partial charge in [-0.25, -0.2) is 9.59 Å². The lowest BCUT2D eigenvalue weighted by Crippen LogP contribution is -2.39. The van der Waals surface area contributed by atoms with Crippen molar-refractivity contribution in [3.05, 3.63) is 59.7 Å². The lowest BCUT2D eigenvalue weighted by Gasteiger charge is -2.14. The van der Waals surface area contributed by atoms with Crippen molar-refractivity contribution in [2.45, 2.75) is 18.9 Å². The Morgan fingerprint density at radius 2 is 1.59 bits per heavy atom. The molecule has 0 aliphatic heterocycles. The molecule has 8 heteroatoms. The molecule has 1 aliphatic rings. The van der Waals surface area contributed by atoms with Crippen molar-refractivity contribution in [1.82, 2.24) is 10.6 Å². The van der Waals surface area contributed by atoms with Gasteiger partial charge in [0.05, 0.1) is 0 Å². The minimum absolute atomic E-state index is 0.0621. The van der Waals surface area contributed by atoms with Crippen LogP contribution < -0.4 is 10.6 Å². The number of hydrogen-bond donors (Lipinski definition) is 3. The number of ether oxygens (including phenoxy) is 2. The summed E-state index contributed by atoms with van der Waals surface area (Å²) in [5.41, 5.74) is 4.46. The predicted octanol–water partition coefficient (Wildman–Crippen LogP) is 2.09. The Balaban J connectivity index is 1.46. The molecule has 0 bridgehead atoms. The van der Waals surface area contributed by atoms with Crippen LogP contribution in [0.2, 0.25) is 0 Å². The van der Waals surface area contributed by atoms with Crippen molar-refractivity contribution in [2.24, 2.45) is 0 Å². The van der Waals surface area contributed by atoms with Crippen molar-refractivity contribution in [3.8, 4) is 11.1 Å². The summed E-state index contributed by atoms with van der Waals surface area (Å²) in [6.45, 7) is 0.935. The molecule has 0 fully saturated rings. The number of benzene rings is 2. The molecule has 0 saturated heterocycles. The van der Waals surface area contributed by atoms with Crippen molar-refractivity contribution in [1.29, 1.82) is 0 Å². The van der Waals surface area contributed by atoms with Crippen LogP contribution in [-0.2, 0) is 19.1 Å². The van der Waals surface area contributed by atoms with Gasteiger partial charge in [0.1, 0.15) is 19.9 Å². The van der Waals surface area contributed by atoms with Crippen LogP contribution in [0.5, 0.6) is 0 Å². The van der Waals surface area contributed by atoms with Crippen LogP contribution in [0.1, 0.15) is 24.0 Å². The smallest absolute Gasteiger partial charge is 0.407 e. The SMILES string of the molecule is CC(OCNC(=O)CNC(=O)OCC1c2ccccc2-c2ccccc21)C(=O)O. The summed E-state index contributed by atoms with van der Waals surface area (Å²) < 4.78 is 10.2. The summed E-state index contributed by atoms with van der Waals surface area (Å²) in [6.07, 6.45) is -1.74. The maximum atomic E-state index is 12.0. The second kappa shape index (κ2) is 9.20. The number of carbonyl (C=O) groups is 3. The molecule has 152 valence electrons. The number of hydrogen-bond acceptors (Lipinski definition) is 5. The first-order valence-corrected chi connectivity index (χ1v) is 9.17. The van der Waals surface area contributed by atoms with E-state index in [1.165, 1.54) is 6.92 Å². The Morgan fingerprint density at radius 1 is 1.00 bits per heavy atom. The van der Waals surface area contributed by atoms with E-state index in [-0.39, 0.29) is 25.8 Å². The fourth-order valence-electron chi connectivity index (χ4n) is 3.18. The molecule has 0 aromatic heterocycles. The number of carbonyl (C=O) groups excluding carboxylic acids is 2. The topological polar surface area (TPSA) is 114 Å². The van der Waals surface area contributed by atoms with Crippen LogP contribution >= 0.6 is 0 Å². The lowest BCUT2D eigenvalue weighted by molar-refractivity contribution is -0.150. The van der Waals surface area contributed by atoms with Gasteiger partial charge in [-0.2, -0.15) is 0 Å². The molecule has 0 radical (unpaired) electrons. The first-order valence-electron chi connectivity index (χ1n) is 9.17. The van der Waals surface area contributed by atoms with Gasteiger partial charge in [-0.15, -0.1) is 0 Å². The average molecular weight is 398 g/mol. The van der Waals surface area contributed by atoms with E-state index in [1.54, 1.807) is 0 Å². The molecule has 1 aliphatic carbocycles. The molecule has 29 heavy (non-hydrogen) atoms. The second-order valence-corrected chi connectivity index (χ2v) is 6.57. The number of amides is 2. The fourth-order valence-corrected chi connectivity index (χ4v) is 3.18. The quantitative estimate of drug-likeness (QED) is 0.587. The summed E-state index contributed by atoms with van der Waals surface area (Å²) in [6, 6.07) is 16.0. The van der Waals surface area contributed by atoms with Crippen LogP contribution in [-0.4, -0.2) is 49.1 Å². The zero-order valence-electron chi connectivity index (χ0n) is 15.9. The summed E-state index contributed by atoms with van der Waals surface area (Å²) in [5.74, 6) is -1.71. The molecule has 1 atom stereocenters. The maximum Gasteiger partial charge on any atom is 0.407 e. The molecular weight excluding hydrogens is 376 g/mol. The number of nitrogens with one attached hydrogen (secondary N) is 2. The van der Waals surface area contributed by atoms with E-state index in [0.29, 0.717) is 0 Å². The van der Waals surface area contributed by atoms with Crippen LogP contribution in [0.3, 0.4) is 0 Å². The highest BCUT2D eigenvalue weighted by Gasteiger charge is 2.29. The summed E-state index contributed by atoms with van der Waals surface area (Å²) in [4.78, 5) is 34.3. The van der Waals surface area contributed by atoms with Gasteiger partial charge >= 0.3 is 12.1 Å². The molecule has 8 nitrogen and oxygen atoms in total. The highest BCUT2D eigenvalue weighted by atomic mass is 16.5. The van der Waals surface area contributed by atoms with Gasteiger partial charge in [-0.3, -0.25) is 4.79 Å². The normalized spacial score (nSPS) is 13.1. The number of carboxylic acid groups (broad SMARTS) is 1. The minimum atomic E-state index is -1.13. The molecule has 0 saturated carbocycles. The Hall–Kier alpha value is -3.39. The fraction of sp³-hybridized carbons (Fsp3) is 0.286. The van der Waals surface area contributed by atoms with E-state index in [4.69, 9.17) is 14.6 Å². The standard InChI is InChI=1S/C21H22N2O6/c1-13(20(25)26)29-12-23-19(24)10-22-21(27)28-11-18-16-8-4-2-6-14(16)15-7-3-5-9-17(15)18/h2-9,13,18H,10-12H2,1H3,(H,22,27)(H,23,24)(H,25,26). The molecule has 3 N–H and O–H groups in total. The van der Waals surface area contributed by atoms with Crippen molar-refractivity contribution >= 4 is 18.0 Å². The molecule has 0 heterocycles. The first-order chi connectivity index (χ1) is 14.0. The van der Waals surface area contributed by atoms with Gasteiger partial charge in [-0.1, -0.05) is 48.5 Å². The zero-order valence-corrected chi connectivity index (χ0v) is 15.9. The van der Waals surface area contributed by atoms with Gasteiger partial charge in [0.15, 0.2) is 6.10 Å². The van der Waals surface area contributed by atoms with Crippen molar-refractivity contribution in [3.63, 3.8) is 0 Å². The number of aliphatic carboxylic acids is 1. The van der Waals surface area contributed by atoms with Gasteiger partial charge < -0.3 is 25.2 Å². The van der Waals surface area contributed by atoms with Gasteiger partial charge in [0.2, 0.25) is 5.91 Å². The largest absolute Gasteiger partial charge is 0.479 e. The lowest BCUT2D eigenvalue weighted by atomic mass is 9.98. The zero-order chi connectivity index (χ0) is 20.8. The van der Waals surface area contributed by atoms with Crippen LogP contribution in [0.15, 0.2) is 48.5 Å². The third-order valence-corrected chi connectivity index (χ3v) is 4.69. The number of alkyl carbamates (subject to hydrolysis) is 1. The highest BCUT2D eigenvalue weighted by molar-refractivity contribution is 5.82. The molecule has 3 rings (SSSR count). The summed E-state index contributed by atoms with van der Waals surface area (Å²) >= 11 is 0. The molecule has 0 spiro atoms. The van der Waals surface area contributed by atoms with Gasteiger partial charge in [-0.05, 0) is 29.2 Å². The third-order valence-electron chi connectivity index (χ3n) is 4.69. The van der Waals surface area contributed by atoms with Crippen molar-refractivity contribution in [2.75, 3.05) is 19.9 Å². The van der Waals surface area contributed by atoms with E-state index < -0.39 is 24.1 Å². The van der Waals surface area contributed by atoms with E-state index in [0.717, 1.165) is 22.3 Å². The van der Waals surface area contributed by atoms with Crippen LogP contribution in [0.4, 0.5) is 4.79 Å². The molecule has 2 aromatic carbocycles. The maximum absolute atomic E-state index is 12.0. The van der Waals surface area contributed by atoms with Crippen molar-refractivity contribution < 1.29 is 29.0 Å². The Morgan fingerprint density at radius 3 is 2.17 bits per heavy atom. The monoisotopic (exact) mass is 398 g/mol. The molecule has 1 unspecified atom stereocenters. The molecule has 2 amide bonds. The highest BCUT2D eigenvalue weighted by Crippen LogP contribution is 2.44. The van der Waals surface area contributed by atoms with E-state index in [9.17, 15) is 14.4 Å². The second-order valence-electron chi connectivity index (χ2n) is 6.57. The number of rotatable bonds is 8. The van der Waals surface area contributed by atoms with E-state index in [1.807, 2.05) is 48.5 Å². The first kappa shape index (κ1) is 20.3. The molecular formula is C21H22N2O6. The summed E-state index contributed by atoms with van der Waals surface area (Å²) in [7, 11) is 0. The third kappa shape index (κ3) is 4.91. The minimum Gasteiger partial charge on any atom is -0.479 e. The van der Waals surface area contributed by atoms with Crippen LogP contribution in [0, 0.1) is 0 Å². The Labute approximate surface area is 167 Å². The number of carboxylic acids is 1. The van der Waals surface area contributed by atoms with Crippen LogP contribution in [0.25, 0.3) is 11.1 Å². The predicted molar refractivity (Wildman–Crippen MR) is 104 cm³/mol. The van der Waals surface area contributed by atoms with Gasteiger partial charge in [0, 0.05) is 5.92 Å². The Kier molecular flexibility index (Phi) is 6.46. The summed E-state index contributed by atoms with van der Waals surface area (Å²) in [5, 5.41) is 13.4. The molecule has 2 aromatic rings. The van der Waals surface area contributed by atoms with E-state index >= 15 is 0 Å². The average Bonchev–Trinajstić information content (AvgIpc) is 3.04. The number of fused-ring (bicyclic) bond motifs is 3. The van der Waals surface area contributed by atoms with Gasteiger partial charge in [0.25, 0.3) is 0 Å². The van der Waals surface area contributed by atoms with E-state index in [2.05, 4.69) is 10.6 Å². The Bertz CT molecular complexity index is 868.